The van der Waals surface area contributed by atoms with Gasteiger partial charge in [-0.05, 0) is 30.7 Å². The standard InChI is InChI=1S/C24H24FN5O4/c1-17(31)19-7-8-22(20(25)13-19)28-9-11-29(12-10-28)23(32)16-34-24(33)21-15-30(27-26-21)14-18-5-3-2-4-6-18/h2-8,13,15H,9-12,14,16H2,1H3. The number of hydrogen-bond donors (Lipinski definition) is 0. The first-order chi connectivity index (χ1) is 16.4. The zero-order valence-electron chi connectivity index (χ0n) is 18.7. The number of ketones is 1. The molecule has 0 saturated carbocycles. The van der Waals surface area contributed by atoms with E-state index in [1.54, 1.807) is 17.0 Å². The molecule has 1 amide bonds. The quantitative estimate of drug-likeness (QED) is 0.390. The maximum absolute atomic E-state index is 14.4. The van der Waals surface area contributed by atoms with Crippen molar-refractivity contribution >= 4 is 23.3 Å². The van der Waals surface area contributed by atoms with Gasteiger partial charge in [0.1, 0.15) is 5.82 Å². The molecule has 1 fully saturated rings. The number of Topliss-reactive ketones (excluding diaryl/α,β-unsaturated/α-hetero) is 1. The van der Waals surface area contributed by atoms with Gasteiger partial charge in [-0.2, -0.15) is 0 Å². The van der Waals surface area contributed by atoms with E-state index in [4.69, 9.17) is 4.74 Å². The fraction of sp³-hybridized carbons (Fsp3) is 0.292. The van der Waals surface area contributed by atoms with Crippen LogP contribution >= 0.6 is 0 Å². The second kappa shape index (κ2) is 10.2. The summed E-state index contributed by atoms with van der Waals surface area (Å²) in [5.41, 5.74) is 1.74. The molecule has 2 heterocycles. The number of hydrogen-bond acceptors (Lipinski definition) is 7. The Morgan fingerprint density at radius 3 is 2.44 bits per heavy atom. The molecule has 9 nitrogen and oxygen atoms in total. The number of ether oxygens (including phenoxy) is 1. The summed E-state index contributed by atoms with van der Waals surface area (Å²) >= 11 is 0. The van der Waals surface area contributed by atoms with E-state index in [1.165, 1.54) is 23.9 Å². The lowest BCUT2D eigenvalue weighted by Crippen LogP contribution is -2.50. The summed E-state index contributed by atoms with van der Waals surface area (Å²) in [5, 5.41) is 7.75. The first-order valence-electron chi connectivity index (χ1n) is 10.8. The second-order valence-electron chi connectivity index (χ2n) is 7.95. The number of amides is 1. The SMILES string of the molecule is CC(=O)c1ccc(N2CCN(C(=O)COC(=O)c3cn(Cc4ccccc4)nn3)CC2)c(F)c1. The second-order valence-corrected chi connectivity index (χ2v) is 7.95. The number of carbonyl (C=O) groups is 3. The molecule has 176 valence electrons. The highest BCUT2D eigenvalue weighted by Crippen LogP contribution is 2.22. The van der Waals surface area contributed by atoms with Crippen molar-refractivity contribution in [3.8, 4) is 0 Å². The number of benzene rings is 2. The molecule has 4 rings (SSSR count). The van der Waals surface area contributed by atoms with Gasteiger partial charge in [0.25, 0.3) is 5.91 Å². The van der Waals surface area contributed by atoms with Crippen molar-refractivity contribution in [3.05, 3.63) is 77.4 Å². The predicted molar refractivity (Wildman–Crippen MR) is 121 cm³/mol. The van der Waals surface area contributed by atoms with E-state index in [9.17, 15) is 18.8 Å². The normalized spacial score (nSPS) is 13.6. The van der Waals surface area contributed by atoms with E-state index in [1.807, 2.05) is 35.2 Å². The summed E-state index contributed by atoms with van der Waals surface area (Å²) in [5.74, 6) is -1.73. The topological polar surface area (TPSA) is 97.6 Å². The van der Waals surface area contributed by atoms with E-state index < -0.39 is 18.4 Å². The van der Waals surface area contributed by atoms with Gasteiger partial charge in [0.15, 0.2) is 18.1 Å². The Bertz CT molecular complexity index is 1190. The minimum absolute atomic E-state index is 0.0260. The highest BCUT2D eigenvalue weighted by atomic mass is 19.1. The summed E-state index contributed by atoms with van der Waals surface area (Å²) in [6.45, 7) is 3.00. The van der Waals surface area contributed by atoms with Gasteiger partial charge in [0.05, 0.1) is 18.4 Å². The average molecular weight is 465 g/mol. The maximum atomic E-state index is 14.4. The molecule has 10 heteroatoms. The molecule has 1 saturated heterocycles. The molecule has 0 unspecified atom stereocenters. The number of nitrogens with zero attached hydrogens (tertiary/aromatic N) is 5. The highest BCUT2D eigenvalue weighted by Gasteiger charge is 2.24. The largest absolute Gasteiger partial charge is 0.451 e. The van der Waals surface area contributed by atoms with Gasteiger partial charge >= 0.3 is 5.97 Å². The molecular formula is C24H24FN5O4. The van der Waals surface area contributed by atoms with Crippen LogP contribution in [-0.2, 0) is 16.1 Å². The summed E-state index contributed by atoms with van der Waals surface area (Å²) in [6, 6.07) is 14.0. The van der Waals surface area contributed by atoms with E-state index in [2.05, 4.69) is 10.3 Å². The number of esters is 1. The monoisotopic (exact) mass is 465 g/mol. The third kappa shape index (κ3) is 5.45. The van der Waals surface area contributed by atoms with Crippen molar-refractivity contribution in [2.24, 2.45) is 0 Å². The average Bonchev–Trinajstić information content (AvgIpc) is 3.31. The van der Waals surface area contributed by atoms with Crippen LogP contribution in [0.3, 0.4) is 0 Å². The molecule has 3 aromatic rings. The zero-order chi connectivity index (χ0) is 24.1. The van der Waals surface area contributed by atoms with Gasteiger partial charge in [-0.1, -0.05) is 35.5 Å². The van der Waals surface area contributed by atoms with Gasteiger partial charge in [-0.25, -0.2) is 13.9 Å². The van der Waals surface area contributed by atoms with Crippen molar-refractivity contribution in [1.82, 2.24) is 19.9 Å². The Hall–Kier alpha value is -4.08. The number of aromatic nitrogens is 3. The lowest BCUT2D eigenvalue weighted by molar-refractivity contribution is -0.134. The van der Waals surface area contributed by atoms with E-state index >= 15 is 0 Å². The van der Waals surface area contributed by atoms with Crippen LogP contribution in [0.25, 0.3) is 0 Å². The molecule has 2 aromatic carbocycles. The molecule has 0 spiro atoms. The predicted octanol–water partition coefficient (Wildman–Crippen LogP) is 2.17. The van der Waals surface area contributed by atoms with E-state index in [-0.39, 0.29) is 17.4 Å². The molecule has 1 aliphatic rings. The highest BCUT2D eigenvalue weighted by molar-refractivity contribution is 5.94. The fourth-order valence-corrected chi connectivity index (χ4v) is 3.71. The van der Waals surface area contributed by atoms with Gasteiger partial charge < -0.3 is 14.5 Å². The van der Waals surface area contributed by atoms with Gasteiger partial charge in [0.2, 0.25) is 0 Å². The molecule has 0 radical (unpaired) electrons. The van der Waals surface area contributed by atoms with Crippen molar-refractivity contribution in [1.29, 1.82) is 0 Å². The van der Waals surface area contributed by atoms with Crippen molar-refractivity contribution in [3.63, 3.8) is 0 Å². The molecule has 1 aliphatic heterocycles. The van der Waals surface area contributed by atoms with E-state index in [0.717, 1.165) is 5.56 Å². The van der Waals surface area contributed by atoms with Crippen LogP contribution < -0.4 is 4.90 Å². The Labute approximate surface area is 195 Å². The van der Waals surface area contributed by atoms with Crippen LogP contribution in [0.15, 0.2) is 54.7 Å². The van der Waals surface area contributed by atoms with Gasteiger partial charge in [-0.3, -0.25) is 9.59 Å². The van der Waals surface area contributed by atoms with Crippen LogP contribution in [0.5, 0.6) is 0 Å². The van der Waals surface area contributed by atoms with Crippen molar-refractivity contribution in [2.75, 3.05) is 37.7 Å². The first kappa shape index (κ1) is 23.1. The van der Waals surface area contributed by atoms with Crippen LogP contribution in [0.2, 0.25) is 0 Å². The molecule has 0 bridgehead atoms. The van der Waals surface area contributed by atoms with E-state index in [0.29, 0.717) is 44.0 Å². The summed E-state index contributed by atoms with van der Waals surface area (Å²) in [7, 11) is 0. The minimum Gasteiger partial charge on any atom is -0.451 e. The Balaban J connectivity index is 1.25. The third-order valence-corrected chi connectivity index (χ3v) is 5.59. The van der Waals surface area contributed by atoms with Gasteiger partial charge in [0, 0.05) is 31.7 Å². The maximum Gasteiger partial charge on any atom is 0.361 e. The zero-order valence-corrected chi connectivity index (χ0v) is 18.7. The number of rotatable bonds is 7. The Morgan fingerprint density at radius 2 is 1.76 bits per heavy atom. The van der Waals surface area contributed by atoms with Crippen LogP contribution in [0.4, 0.5) is 10.1 Å². The lowest BCUT2D eigenvalue weighted by atomic mass is 10.1. The lowest BCUT2D eigenvalue weighted by Gasteiger charge is -2.36. The fourth-order valence-electron chi connectivity index (χ4n) is 3.71. The number of halogens is 1. The molecule has 0 N–H and O–H groups in total. The van der Waals surface area contributed by atoms with Crippen LogP contribution in [0, 0.1) is 5.82 Å². The molecule has 0 atom stereocenters. The van der Waals surface area contributed by atoms with Crippen molar-refractivity contribution < 1.29 is 23.5 Å². The summed E-state index contributed by atoms with van der Waals surface area (Å²) in [6.07, 6.45) is 1.48. The molecule has 1 aromatic heterocycles. The number of piperazine rings is 1. The smallest absolute Gasteiger partial charge is 0.361 e. The summed E-state index contributed by atoms with van der Waals surface area (Å²) in [4.78, 5) is 39.5. The van der Waals surface area contributed by atoms with Crippen molar-refractivity contribution in [2.45, 2.75) is 13.5 Å². The molecular weight excluding hydrogens is 441 g/mol. The third-order valence-electron chi connectivity index (χ3n) is 5.59. The van der Waals surface area contributed by atoms with Crippen LogP contribution in [0.1, 0.15) is 33.3 Å². The Morgan fingerprint density at radius 1 is 1.03 bits per heavy atom. The molecule has 34 heavy (non-hydrogen) atoms. The minimum atomic E-state index is -0.723. The van der Waals surface area contributed by atoms with Crippen LogP contribution in [-0.4, -0.2) is 70.3 Å². The summed E-state index contributed by atoms with van der Waals surface area (Å²) < 4.78 is 21.0. The first-order valence-corrected chi connectivity index (χ1v) is 10.8. The Kier molecular flexibility index (Phi) is 6.95. The number of anilines is 1. The molecule has 0 aliphatic carbocycles. The number of carbonyl (C=O) groups excluding carboxylic acids is 3. The van der Waals surface area contributed by atoms with Gasteiger partial charge in [-0.15, -0.1) is 5.10 Å².